The standard InChI is InChI=1S/C12H23N3O4/c1-4-13-10(16)7-15-12(19)14-6-9(11(17)18)5-8(2)3/h8-9H,4-7H2,1-3H3,(H,13,16)(H,17,18)(H2,14,15,19). The first-order valence-corrected chi connectivity index (χ1v) is 6.38. The fourth-order valence-electron chi connectivity index (χ4n) is 1.54. The van der Waals surface area contributed by atoms with Crippen molar-refractivity contribution in [2.45, 2.75) is 27.2 Å². The molecule has 7 nitrogen and oxygen atoms in total. The molecule has 0 aromatic heterocycles. The smallest absolute Gasteiger partial charge is 0.315 e. The Morgan fingerprint density at radius 2 is 1.74 bits per heavy atom. The van der Waals surface area contributed by atoms with E-state index in [4.69, 9.17) is 5.11 Å². The van der Waals surface area contributed by atoms with Crippen molar-refractivity contribution in [2.24, 2.45) is 11.8 Å². The van der Waals surface area contributed by atoms with E-state index in [-0.39, 0.29) is 24.9 Å². The zero-order chi connectivity index (χ0) is 14.8. The number of urea groups is 1. The predicted molar refractivity (Wildman–Crippen MR) is 70.7 cm³/mol. The SMILES string of the molecule is CCNC(=O)CNC(=O)NCC(CC(C)C)C(=O)O. The highest BCUT2D eigenvalue weighted by molar-refractivity contribution is 5.84. The number of aliphatic carboxylic acids is 1. The number of carboxylic acid groups (broad SMARTS) is 1. The first-order chi connectivity index (χ1) is 8.86. The average Bonchev–Trinajstić information content (AvgIpc) is 2.31. The molecule has 0 radical (unpaired) electrons. The largest absolute Gasteiger partial charge is 0.481 e. The zero-order valence-electron chi connectivity index (χ0n) is 11.7. The van der Waals surface area contributed by atoms with Crippen molar-refractivity contribution in [3.63, 3.8) is 0 Å². The van der Waals surface area contributed by atoms with Gasteiger partial charge in [-0.1, -0.05) is 13.8 Å². The van der Waals surface area contributed by atoms with Crippen LogP contribution in [0.4, 0.5) is 4.79 Å². The van der Waals surface area contributed by atoms with E-state index in [0.717, 1.165) is 0 Å². The minimum absolute atomic E-state index is 0.0503. The third kappa shape index (κ3) is 8.87. The quantitative estimate of drug-likeness (QED) is 0.505. The van der Waals surface area contributed by atoms with Crippen molar-refractivity contribution in [1.82, 2.24) is 16.0 Å². The number of hydrogen-bond acceptors (Lipinski definition) is 3. The molecule has 0 spiro atoms. The molecule has 7 heteroatoms. The van der Waals surface area contributed by atoms with Gasteiger partial charge in [0.2, 0.25) is 5.91 Å². The number of hydrogen-bond donors (Lipinski definition) is 4. The number of carbonyl (C=O) groups excluding carboxylic acids is 2. The van der Waals surface area contributed by atoms with E-state index < -0.39 is 17.9 Å². The molecule has 1 unspecified atom stereocenters. The van der Waals surface area contributed by atoms with Crippen LogP contribution in [0.2, 0.25) is 0 Å². The topological polar surface area (TPSA) is 108 Å². The van der Waals surface area contributed by atoms with Crippen LogP contribution in [0.3, 0.4) is 0 Å². The van der Waals surface area contributed by atoms with Crippen LogP contribution in [0.5, 0.6) is 0 Å². The van der Waals surface area contributed by atoms with Crippen molar-refractivity contribution in [2.75, 3.05) is 19.6 Å². The third-order valence-electron chi connectivity index (χ3n) is 2.40. The summed E-state index contributed by atoms with van der Waals surface area (Å²) in [6.45, 7) is 6.05. The Labute approximate surface area is 113 Å². The monoisotopic (exact) mass is 273 g/mol. The Bertz CT molecular complexity index is 318. The summed E-state index contributed by atoms with van der Waals surface area (Å²) >= 11 is 0. The van der Waals surface area contributed by atoms with E-state index in [9.17, 15) is 14.4 Å². The Kier molecular flexibility index (Phi) is 8.32. The summed E-state index contributed by atoms with van der Waals surface area (Å²) in [5, 5.41) is 16.3. The molecule has 0 aliphatic heterocycles. The Morgan fingerprint density at radius 3 is 2.21 bits per heavy atom. The first kappa shape index (κ1) is 17.2. The van der Waals surface area contributed by atoms with Gasteiger partial charge in [-0.3, -0.25) is 9.59 Å². The van der Waals surface area contributed by atoms with E-state index in [1.807, 2.05) is 13.8 Å². The summed E-state index contributed by atoms with van der Waals surface area (Å²) in [5.74, 6) is -1.59. The minimum atomic E-state index is -0.933. The molecule has 0 saturated carbocycles. The second-order valence-corrected chi connectivity index (χ2v) is 4.68. The van der Waals surface area contributed by atoms with Gasteiger partial charge in [-0.05, 0) is 19.3 Å². The molecule has 1 atom stereocenters. The molecule has 0 fully saturated rings. The van der Waals surface area contributed by atoms with Crippen LogP contribution in [-0.4, -0.2) is 42.6 Å². The lowest BCUT2D eigenvalue weighted by atomic mass is 9.97. The number of carboxylic acids is 1. The van der Waals surface area contributed by atoms with Gasteiger partial charge >= 0.3 is 12.0 Å². The third-order valence-corrected chi connectivity index (χ3v) is 2.40. The number of likely N-dealkylation sites (N-methyl/N-ethyl adjacent to an activating group) is 1. The molecule has 19 heavy (non-hydrogen) atoms. The lowest BCUT2D eigenvalue weighted by Crippen LogP contribution is -2.44. The number of nitrogens with one attached hydrogen (secondary N) is 3. The summed E-state index contributed by atoms with van der Waals surface area (Å²) in [5.41, 5.74) is 0. The summed E-state index contributed by atoms with van der Waals surface area (Å²) in [6, 6.07) is -0.541. The summed E-state index contributed by atoms with van der Waals surface area (Å²) in [7, 11) is 0. The van der Waals surface area contributed by atoms with Gasteiger partial charge in [-0.25, -0.2) is 4.79 Å². The van der Waals surface area contributed by atoms with Crippen LogP contribution >= 0.6 is 0 Å². The maximum absolute atomic E-state index is 11.4. The van der Waals surface area contributed by atoms with Gasteiger partial charge in [0.1, 0.15) is 0 Å². The van der Waals surface area contributed by atoms with Crippen molar-refractivity contribution < 1.29 is 19.5 Å². The highest BCUT2D eigenvalue weighted by atomic mass is 16.4. The van der Waals surface area contributed by atoms with Gasteiger partial charge in [0, 0.05) is 13.1 Å². The molecule has 0 heterocycles. The average molecular weight is 273 g/mol. The molecule has 0 aromatic rings. The van der Waals surface area contributed by atoms with Crippen LogP contribution in [0.1, 0.15) is 27.2 Å². The molecule has 0 bridgehead atoms. The van der Waals surface area contributed by atoms with Gasteiger partial charge in [0.25, 0.3) is 0 Å². The van der Waals surface area contributed by atoms with Crippen LogP contribution in [0.15, 0.2) is 0 Å². The molecule has 110 valence electrons. The van der Waals surface area contributed by atoms with Gasteiger partial charge in [-0.2, -0.15) is 0 Å². The molecule has 4 N–H and O–H groups in total. The molecule has 0 aliphatic rings. The van der Waals surface area contributed by atoms with Crippen molar-refractivity contribution in [3.8, 4) is 0 Å². The first-order valence-electron chi connectivity index (χ1n) is 6.38. The van der Waals surface area contributed by atoms with Crippen LogP contribution < -0.4 is 16.0 Å². The maximum atomic E-state index is 11.4. The van der Waals surface area contributed by atoms with E-state index in [1.165, 1.54) is 0 Å². The second-order valence-electron chi connectivity index (χ2n) is 4.68. The number of rotatable bonds is 8. The van der Waals surface area contributed by atoms with E-state index in [0.29, 0.717) is 13.0 Å². The molecule has 0 rings (SSSR count). The molecular weight excluding hydrogens is 250 g/mol. The van der Waals surface area contributed by atoms with Crippen LogP contribution in [0, 0.1) is 11.8 Å². The Balaban J connectivity index is 3.98. The molecule has 3 amide bonds. The van der Waals surface area contributed by atoms with Crippen LogP contribution in [-0.2, 0) is 9.59 Å². The van der Waals surface area contributed by atoms with Crippen molar-refractivity contribution in [1.29, 1.82) is 0 Å². The number of amides is 3. The number of carbonyl (C=O) groups is 3. The molecule has 0 saturated heterocycles. The minimum Gasteiger partial charge on any atom is -0.481 e. The Hall–Kier alpha value is -1.79. The predicted octanol–water partition coefficient (Wildman–Crippen LogP) is 0.169. The molecule has 0 aliphatic carbocycles. The van der Waals surface area contributed by atoms with Crippen LogP contribution in [0.25, 0.3) is 0 Å². The highest BCUT2D eigenvalue weighted by Gasteiger charge is 2.19. The Morgan fingerprint density at radius 1 is 1.11 bits per heavy atom. The zero-order valence-corrected chi connectivity index (χ0v) is 11.7. The van der Waals surface area contributed by atoms with E-state index in [1.54, 1.807) is 6.92 Å². The molecular formula is C12H23N3O4. The van der Waals surface area contributed by atoms with E-state index in [2.05, 4.69) is 16.0 Å². The van der Waals surface area contributed by atoms with Gasteiger partial charge in [-0.15, -0.1) is 0 Å². The summed E-state index contributed by atoms with van der Waals surface area (Å²) in [4.78, 5) is 33.4. The highest BCUT2D eigenvalue weighted by Crippen LogP contribution is 2.10. The summed E-state index contributed by atoms with van der Waals surface area (Å²) in [6.07, 6.45) is 0.492. The molecule has 0 aromatic carbocycles. The fraction of sp³-hybridized carbons (Fsp3) is 0.750. The lowest BCUT2D eigenvalue weighted by molar-refractivity contribution is -0.142. The van der Waals surface area contributed by atoms with Gasteiger partial charge in [0.15, 0.2) is 0 Å². The van der Waals surface area contributed by atoms with E-state index >= 15 is 0 Å². The van der Waals surface area contributed by atoms with Gasteiger partial charge < -0.3 is 21.1 Å². The summed E-state index contributed by atoms with van der Waals surface area (Å²) < 4.78 is 0. The van der Waals surface area contributed by atoms with Gasteiger partial charge in [0.05, 0.1) is 12.5 Å². The fourth-order valence-corrected chi connectivity index (χ4v) is 1.54. The second kappa shape index (κ2) is 9.18. The lowest BCUT2D eigenvalue weighted by Gasteiger charge is -2.15. The maximum Gasteiger partial charge on any atom is 0.315 e. The van der Waals surface area contributed by atoms with Crippen molar-refractivity contribution in [3.05, 3.63) is 0 Å². The van der Waals surface area contributed by atoms with Crippen molar-refractivity contribution >= 4 is 17.9 Å². The normalized spacial score (nSPS) is 11.8.